The summed E-state index contributed by atoms with van der Waals surface area (Å²) in [6.07, 6.45) is 0. The lowest BCUT2D eigenvalue weighted by atomic mass is 10.0. The third-order valence-electron chi connectivity index (χ3n) is 2.44. The topological polar surface area (TPSA) is 78.5 Å². The predicted octanol–water partition coefficient (Wildman–Crippen LogP) is 2.94. The molecule has 1 atom stereocenters. The van der Waals surface area contributed by atoms with Crippen LogP contribution < -0.4 is 10.6 Å². The van der Waals surface area contributed by atoms with Crippen LogP contribution in [0, 0.1) is 0 Å². The highest BCUT2D eigenvalue weighted by Gasteiger charge is 2.11. The lowest BCUT2D eigenvalue weighted by Gasteiger charge is -2.16. The lowest BCUT2D eigenvalue weighted by molar-refractivity contribution is 0.475. The molecule has 2 rings (SSSR count). The zero-order chi connectivity index (χ0) is 14.0. The van der Waals surface area contributed by atoms with Gasteiger partial charge in [-0.2, -0.15) is 0 Å². The molecule has 0 aliphatic rings. The van der Waals surface area contributed by atoms with Gasteiger partial charge in [0.05, 0.1) is 0 Å². The molecule has 0 heterocycles. The molecule has 0 aliphatic heterocycles. The summed E-state index contributed by atoms with van der Waals surface area (Å²) in [6, 6.07) is 12.1. The Kier molecular flexibility index (Phi) is 4.18. The monoisotopic (exact) mass is 312 g/mol. The number of thiol groups is 1. The number of nitrogens with two attached hydrogens (primary N) is 1. The SMILES string of the molecule is NP(O)(=S)Nc1ccc(O)cc1-c1cccc(S)c1. The van der Waals surface area contributed by atoms with Crippen LogP contribution in [0.4, 0.5) is 5.69 Å². The Morgan fingerprint density at radius 1 is 1.21 bits per heavy atom. The molecular weight excluding hydrogens is 299 g/mol. The van der Waals surface area contributed by atoms with Crippen molar-refractivity contribution in [2.24, 2.45) is 5.50 Å². The Balaban J connectivity index is 2.55. The molecule has 19 heavy (non-hydrogen) atoms. The van der Waals surface area contributed by atoms with Crippen LogP contribution in [0.25, 0.3) is 11.1 Å². The van der Waals surface area contributed by atoms with Crippen molar-refractivity contribution in [3.05, 3.63) is 42.5 Å². The Bertz CT molecular complexity index is 658. The minimum Gasteiger partial charge on any atom is -0.508 e. The van der Waals surface area contributed by atoms with Crippen molar-refractivity contribution >= 4 is 36.7 Å². The standard InChI is InChI=1S/C12H13N2O2PS2/c13-17(16,19)14-12-5-4-9(15)7-11(12)8-2-1-3-10(18)6-8/h1-7,15,18H,(H4,13,14,16,19). The number of benzene rings is 2. The van der Waals surface area contributed by atoms with Gasteiger partial charge in [0, 0.05) is 16.1 Å². The maximum atomic E-state index is 9.61. The van der Waals surface area contributed by atoms with E-state index in [1.165, 1.54) is 6.07 Å². The fourth-order valence-corrected chi connectivity index (χ4v) is 2.77. The summed E-state index contributed by atoms with van der Waals surface area (Å²) in [5.41, 5.74) is 7.59. The third-order valence-corrected chi connectivity index (χ3v) is 3.55. The van der Waals surface area contributed by atoms with E-state index in [-0.39, 0.29) is 5.75 Å². The molecule has 0 radical (unpaired) electrons. The average Bonchev–Trinajstić information content (AvgIpc) is 2.30. The van der Waals surface area contributed by atoms with Gasteiger partial charge in [-0.1, -0.05) is 12.1 Å². The third kappa shape index (κ3) is 3.96. The summed E-state index contributed by atoms with van der Waals surface area (Å²) in [5, 5.41) is 12.3. The first kappa shape index (κ1) is 14.4. The van der Waals surface area contributed by atoms with Crippen LogP contribution in [-0.4, -0.2) is 10.00 Å². The predicted molar refractivity (Wildman–Crippen MR) is 85.1 cm³/mol. The second-order valence-electron chi connectivity index (χ2n) is 4.01. The summed E-state index contributed by atoms with van der Waals surface area (Å²) >= 11 is 9.07. The van der Waals surface area contributed by atoms with Crippen molar-refractivity contribution in [3.8, 4) is 16.9 Å². The van der Waals surface area contributed by atoms with Gasteiger partial charge in [0.15, 0.2) is 0 Å². The van der Waals surface area contributed by atoms with Crippen LogP contribution >= 0.6 is 19.2 Å². The fourth-order valence-electron chi connectivity index (χ4n) is 1.71. The molecule has 0 aliphatic carbocycles. The number of hydrogen-bond donors (Lipinski definition) is 5. The summed E-state index contributed by atoms with van der Waals surface area (Å²) in [5.74, 6) is 0.119. The highest BCUT2D eigenvalue weighted by molar-refractivity contribution is 8.11. The largest absolute Gasteiger partial charge is 0.508 e. The van der Waals surface area contributed by atoms with Gasteiger partial charge >= 0.3 is 0 Å². The Morgan fingerprint density at radius 2 is 1.95 bits per heavy atom. The molecule has 0 bridgehead atoms. The van der Waals surface area contributed by atoms with E-state index in [1.54, 1.807) is 12.1 Å². The molecule has 7 heteroatoms. The number of phenols is 1. The number of nitrogens with one attached hydrogen (secondary N) is 1. The van der Waals surface area contributed by atoms with E-state index < -0.39 is 6.57 Å². The summed E-state index contributed by atoms with van der Waals surface area (Å²) in [6.45, 7) is -3.08. The highest BCUT2D eigenvalue weighted by Crippen LogP contribution is 2.39. The highest BCUT2D eigenvalue weighted by atomic mass is 32.4. The van der Waals surface area contributed by atoms with Crippen LogP contribution in [0.3, 0.4) is 0 Å². The molecule has 2 aromatic rings. The number of phenolic OH excluding ortho intramolecular Hbond substituents is 1. The van der Waals surface area contributed by atoms with Crippen molar-refractivity contribution in [3.63, 3.8) is 0 Å². The number of hydrogen-bond acceptors (Lipinski definition) is 3. The van der Waals surface area contributed by atoms with Crippen LogP contribution in [-0.2, 0) is 11.8 Å². The molecule has 5 N–H and O–H groups in total. The Labute approximate surface area is 121 Å². The van der Waals surface area contributed by atoms with Gasteiger partial charge in [0.2, 0.25) is 6.57 Å². The van der Waals surface area contributed by atoms with E-state index in [0.717, 1.165) is 10.5 Å². The van der Waals surface area contributed by atoms with Crippen LogP contribution in [0.2, 0.25) is 0 Å². The molecule has 2 aromatic carbocycles. The van der Waals surface area contributed by atoms with Crippen LogP contribution in [0.1, 0.15) is 0 Å². The van der Waals surface area contributed by atoms with Crippen molar-refractivity contribution in [1.29, 1.82) is 0 Å². The second kappa shape index (κ2) is 5.53. The molecule has 0 fully saturated rings. The summed E-state index contributed by atoms with van der Waals surface area (Å²) in [7, 11) is 0. The van der Waals surface area contributed by atoms with Gasteiger partial charge in [-0.05, 0) is 47.7 Å². The quantitative estimate of drug-likeness (QED) is 0.342. The first-order valence-electron chi connectivity index (χ1n) is 5.37. The minimum absolute atomic E-state index is 0.119. The van der Waals surface area contributed by atoms with Gasteiger partial charge in [-0.25, -0.2) is 0 Å². The van der Waals surface area contributed by atoms with Gasteiger partial charge in [0.1, 0.15) is 5.75 Å². The maximum absolute atomic E-state index is 9.61. The molecule has 100 valence electrons. The van der Waals surface area contributed by atoms with Crippen molar-refractivity contribution in [1.82, 2.24) is 0 Å². The van der Waals surface area contributed by atoms with Crippen LogP contribution in [0.5, 0.6) is 5.75 Å². The van der Waals surface area contributed by atoms with Gasteiger partial charge in [0.25, 0.3) is 0 Å². The van der Waals surface area contributed by atoms with E-state index in [1.807, 2.05) is 24.3 Å². The van der Waals surface area contributed by atoms with Crippen molar-refractivity contribution in [2.75, 3.05) is 5.09 Å². The average molecular weight is 312 g/mol. The van der Waals surface area contributed by atoms with Gasteiger partial charge in [-0.3, -0.25) is 5.50 Å². The summed E-state index contributed by atoms with van der Waals surface area (Å²) < 4.78 is 0. The Morgan fingerprint density at radius 3 is 2.58 bits per heavy atom. The first-order chi connectivity index (χ1) is 8.85. The fraction of sp³-hybridized carbons (Fsp3) is 0. The molecule has 0 saturated carbocycles. The minimum atomic E-state index is -3.08. The number of anilines is 1. The van der Waals surface area contributed by atoms with E-state index in [0.29, 0.717) is 11.3 Å². The normalized spacial score (nSPS) is 13.8. The molecule has 0 saturated heterocycles. The Hall–Kier alpha value is -1.04. The molecule has 0 amide bonds. The lowest BCUT2D eigenvalue weighted by Crippen LogP contribution is -2.04. The van der Waals surface area contributed by atoms with E-state index in [9.17, 15) is 10.00 Å². The van der Waals surface area contributed by atoms with Gasteiger partial charge < -0.3 is 15.1 Å². The zero-order valence-corrected chi connectivity index (χ0v) is 12.4. The molecule has 0 aromatic heterocycles. The first-order valence-corrected chi connectivity index (χ1v) is 8.64. The second-order valence-corrected chi connectivity index (χ2v) is 7.67. The van der Waals surface area contributed by atoms with Crippen molar-refractivity contribution < 1.29 is 10.00 Å². The summed E-state index contributed by atoms with van der Waals surface area (Å²) in [4.78, 5) is 10.4. The molecule has 0 spiro atoms. The zero-order valence-electron chi connectivity index (χ0n) is 9.82. The van der Waals surface area contributed by atoms with Crippen LogP contribution in [0.15, 0.2) is 47.4 Å². The maximum Gasteiger partial charge on any atom is 0.218 e. The number of aromatic hydroxyl groups is 1. The van der Waals surface area contributed by atoms with E-state index >= 15 is 0 Å². The van der Waals surface area contributed by atoms with Gasteiger partial charge in [-0.15, -0.1) is 12.6 Å². The number of rotatable bonds is 3. The molecule has 1 unspecified atom stereocenters. The van der Waals surface area contributed by atoms with E-state index in [2.05, 4.69) is 17.7 Å². The molecular formula is C12H13N2O2PS2. The smallest absolute Gasteiger partial charge is 0.218 e. The van der Waals surface area contributed by atoms with Crippen molar-refractivity contribution in [2.45, 2.75) is 4.90 Å². The van der Waals surface area contributed by atoms with E-state index in [4.69, 9.17) is 17.3 Å². The molecule has 4 nitrogen and oxygen atoms in total.